The summed E-state index contributed by atoms with van der Waals surface area (Å²) in [4.78, 5) is 16.1. The molecule has 1 N–H and O–H groups in total. The van der Waals surface area contributed by atoms with E-state index in [1.165, 1.54) is 18.3 Å². The number of amides is 1. The molecule has 2 heterocycles. The third-order valence-electron chi connectivity index (χ3n) is 3.37. The van der Waals surface area contributed by atoms with E-state index in [0.29, 0.717) is 21.9 Å². The maximum Gasteiger partial charge on any atom is 0.264 e. The van der Waals surface area contributed by atoms with Gasteiger partial charge in [-0.1, -0.05) is 29.3 Å². The van der Waals surface area contributed by atoms with Crippen molar-refractivity contribution in [3.63, 3.8) is 0 Å². The molecular formula is C16H12Cl2N2O4S. The molecule has 1 amide bonds. The van der Waals surface area contributed by atoms with Crippen molar-refractivity contribution in [1.82, 2.24) is 9.71 Å². The van der Waals surface area contributed by atoms with Gasteiger partial charge in [0.05, 0.1) is 11.3 Å². The second kappa shape index (κ2) is 7.03. The van der Waals surface area contributed by atoms with Crippen LogP contribution in [0, 0.1) is 0 Å². The van der Waals surface area contributed by atoms with Gasteiger partial charge in [-0.3, -0.25) is 4.79 Å². The lowest BCUT2D eigenvalue weighted by atomic mass is 10.1. The standard InChI is InChI=1S/C16H12Cl2N2O4S/c17-13-2-3-14-11(6-13)5-12(8-24-14)16(21)20-25(22,23)9-10-1-4-15(18)19-7-10/h1-7H,8-9H2,(H,20,21). The van der Waals surface area contributed by atoms with Crippen LogP contribution in [-0.4, -0.2) is 25.9 Å². The molecular weight excluding hydrogens is 387 g/mol. The Hall–Kier alpha value is -2.09. The van der Waals surface area contributed by atoms with Gasteiger partial charge in [0, 0.05) is 16.8 Å². The second-order valence-corrected chi connectivity index (χ2v) is 7.87. The van der Waals surface area contributed by atoms with Gasteiger partial charge in [0.15, 0.2) is 0 Å². The highest BCUT2D eigenvalue weighted by Crippen LogP contribution is 2.29. The first kappa shape index (κ1) is 17.7. The lowest BCUT2D eigenvalue weighted by Gasteiger charge is -2.17. The van der Waals surface area contributed by atoms with Crippen molar-refractivity contribution in [3.05, 3.63) is 63.4 Å². The van der Waals surface area contributed by atoms with E-state index in [-0.39, 0.29) is 23.1 Å². The molecule has 0 bridgehead atoms. The van der Waals surface area contributed by atoms with Crippen molar-refractivity contribution in [2.45, 2.75) is 5.75 Å². The fourth-order valence-corrected chi connectivity index (χ4v) is 3.62. The van der Waals surface area contributed by atoms with Gasteiger partial charge in [0.1, 0.15) is 17.5 Å². The molecule has 0 radical (unpaired) electrons. The minimum Gasteiger partial charge on any atom is -0.488 e. The predicted molar refractivity (Wildman–Crippen MR) is 94.9 cm³/mol. The number of carbonyl (C=O) groups excluding carboxylic acids is 1. The van der Waals surface area contributed by atoms with E-state index in [1.54, 1.807) is 24.3 Å². The summed E-state index contributed by atoms with van der Waals surface area (Å²) in [6, 6.07) is 8.00. The molecule has 9 heteroatoms. The molecule has 1 aliphatic rings. The third kappa shape index (κ3) is 4.50. The van der Waals surface area contributed by atoms with E-state index in [2.05, 4.69) is 4.98 Å². The van der Waals surface area contributed by atoms with E-state index < -0.39 is 15.9 Å². The Morgan fingerprint density at radius 2 is 2.04 bits per heavy atom. The largest absolute Gasteiger partial charge is 0.488 e. The number of halogens is 2. The molecule has 1 aromatic heterocycles. The van der Waals surface area contributed by atoms with Crippen LogP contribution >= 0.6 is 23.2 Å². The van der Waals surface area contributed by atoms with Crippen LogP contribution in [0.5, 0.6) is 5.75 Å². The van der Waals surface area contributed by atoms with E-state index in [0.717, 1.165) is 0 Å². The zero-order valence-electron chi connectivity index (χ0n) is 12.7. The number of pyridine rings is 1. The van der Waals surface area contributed by atoms with Crippen molar-refractivity contribution in [2.24, 2.45) is 0 Å². The highest BCUT2D eigenvalue weighted by molar-refractivity contribution is 7.89. The molecule has 1 aromatic carbocycles. The summed E-state index contributed by atoms with van der Waals surface area (Å²) >= 11 is 11.6. The predicted octanol–water partition coefficient (Wildman–Crippen LogP) is 2.81. The first-order valence-electron chi connectivity index (χ1n) is 7.10. The van der Waals surface area contributed by atoms with Gasteiger partial charge >= 0.3 is 0 Å². The summed E-state index contributed by atoms with van der Waals surface area (Å²) in [5.41, 5.74) is 1.21. The fraction of sp³-hybridized carbons (Fsp3) is 0.125. The quantitative estimate of drug-likeness (QED) is 0.800. The Morgan fingerprint density at radius 1 is 1.24 bits per heavy atom. The van der Waals surface area contributed by atoms with Crippen LogP contribution in [0.2, 0.25) is 10.2 Å². The summed E-state index contributed by atoms with van der Waals surface area (Å²) in [7, 11) is -3.89. The maximum atomic E-state index is 12.2. The highest BCUT2D eigenvalue weighted by atomic mass is 35.5. The minimum absolute atomic E-state index is 0.0293. The Kier molecular flexibility index (Phi) is 4.99. The van der Waals surface area contributed by atoms with Crippen LogP contribution in [0.4, 0.5) is 0 Å². The van der Waals surface area contributed by atoms with Gasteiger partial charge in [-0.15, -0.1) is 0 Å². The first-order valence-corrected chi connectivity index (χ1v) is 9.51. The summed E-state index contributed by atoms with van der Waals surface area (Å²) in [6.07, 6.45) is 2.90. The van der Waals surface area contributed by atoms with Gasteiger partial charge < -0.3 is 4.74 Å². The molecule has 25 heavy (non-hydrogen) atoms. The molecule has 0 fully saturated rings. The molecule has 130 valence electrons. The molecule has 0 atom stereocenters. The normalized spacial score (nSPS) is 13.4. The molecule has 0 saturated carbocycles. The van der Waals surface area contributed by atoms with Crippen LogP contribution in [0.15, 0.2) is 42.1 Å². The van der Waals surface area contributed by atoms with Crippen LogP contribution < -0.4 is 9.46 Å². The van der Waals surface area contributed by atoms with Crippen molar-refractivity contribution in [3.8, 4) is 5.75 Å². The molecule has 6 nitrogen and oxygen atoms in total. The Balaban J connectivity index is 1.74. The molecule has 1 aliphatic heterocycles. The molecule has 2 aromatic rings. The average molecular weight is 399 g/mol. The number of fused-ring (bicyclic) bond motifs is 1. The van der Waals surface area contributed by atoms with E-state index in [9.17, 15) is 13.2 Å². The molecule has 0 saturated heterocycles. The van der Waals surface area contributed by atoms with E-state index >= 15 is 0 Å². The number of hydrogen-bond acceptors (Lipinski definition) is 5. The monoisotopic (exact) mass is 398 g/mol. The van der Waals surface area contributed by atoms with Crippen LogP contribution in [-0.2, 0) is 20.6 Å². The molecule has 0 spiro atoms. The Morgan fingerprint density at radius 3 is 2.76 bits per heavy atom. The zero-order chi connectivity index (χ0) is 18.0. The lowest BCUT2D eigenvalue weighted by molar-refractivity contribution is -0.116. The number of benzene rings is 1. The second-order valence-electron chi connectivity index (χ2n) is 5.32. The third-order valence-corrected chi connectivity index (χ3v) is 5.04. The summed E-state index contributed by atoms with van der Waals surface area (Å²) < 4.78 is 31.8. The van der Waals surface area contributed by atoms with Crippen molar-refractivity contribution >= 4 is 45.2 Å². The zero-order valence-corrected chi connectivity index (χ0v) is 15.0. The number of rotatable bonds is 4. The Labute approximate surface area is 154 Å². The van der Waals surface area contributed by atoms with Crippen molar-refractivity contribution in [2.75, 3.05) is 6.61 Å². The first-order chi connectivity index (χ1) is 11.8. The number of nitrogens with one attached hydrogen (secondary N) is 1. The van der Waals surface area contributed by atoms with Crippen LogP contribution in [0.3, 0.4) is 0 Å². The minimum atomic E-state index is -3.89. The van der Waals surface area contributed by atoms with E-state index in [4.69, 9.17) is 27.9 Å². The van der Waals surface area contributed by atoms with Gasteiger partial charge in [-0.2, -0.15) is 0 Å². The number of aromatic nitrogens is 1. The SMILES string of the molecule is O=C(NS(=O)(=O)Cc1ccc(Cl)nc1)C1=Cc2cc(Cl)ccc2OC1. The fourth-order valence-electron chi connectivity index (χ4n) is 2.23. The van der Waals surface area contributed by atoms with E-state index in [1.807, 2.05) is 4.72 Å². The van der Waals surface area contributed by atoms with Gasteiger partial charge in [0.2, 0.25) is 10.0 Å². The smallest absolute Gasteiger partial charge is 0.264 e. The highest BCUT2D eigenvalue weighted by Gasteiger charge is 2.22. The number of carbonyl (C=O) groups is 1. The maximum absolute atomic E-state index is 12.2. The topological polar surface area (TPSA) is 85.4 Å². The number of sulfonamides is 1. The molecule has 0 unspecified atom stereocenters. The van der Waals surface area contributed by atoms with Crippen molar-refractivity contribution < 1.29 is 17.9 Å². The number of nitrogens with zero attached hydrogens (tertiary/aromatic N) is 1. The number of hydrogen-bond donors (Lipinski definition) is 1. The Bertz CT molecular complexity index is 957. The van der Waals surface area contributed by atoms with Crippen molar-refractivity contribution in [1.29, 1.82) is 0 Å². The van der Waals surface area contributed by atoms with Gasteiger partial charge in [0.25, 0.3) is 5.91 Å². The average Bonchev–Trinajstić information content (AvgIpc) is 2.55. The lowest BCUT2D eigenvalue weighted by Crippen LogP contribution is -2.34. The molecule has 0 aliphatic carbocycles. The van der Waals surface area contributed by atoms with Gasteiger partial charge in [-0.25, -0.2) is 18.1 Å². The summed E-state index contributed by atoms with van der Waals surface area (Å²) in [5.74, 6) is -0.553. The van der Waals surface area contributed by atoms with Crippen LogP contribution in [0.25, 0.3) is 6.08 Å². The summed E-state index contributed by atoms with van der Waals surface area (Å²) in [6.45, 7) is -0.0293. The van der Waals surface area contributed by atoms with Gasteiger partial charge in [-0.05, 0) is 35.9 Å². The number of ether oxygens (including phenoxy) is 1. The van der Waals surface area contributed by atoms with Crippen LogP contribution in [0.1, 0.15) is 11.1 Å². The summed E-state index contributed by atoms with van der Waals surface area (Å²) in [5, 5.41) is 0.745. The molecule has 3 rings (SSSR count).